The fourth-order valence-electron chi connectivity index (χ4n) is 2.49. The Bertz CT molecular complexity index is 640. The van der Waals surface area contributed by atoms with Gasteiger partial charge >= 0.3 is 6.09 Å². The summed E-state index contributed by atoms with van der Waals surface area (Å²) >= 11 is 0. The zero-order chi connectivity index (χ0) is 16.7. The average molecular weight is 313 g/mol. The summed E-state index contributed by atoms with van der Waals surface area (Å²) in [6.45, 7) is 4.81. The van der Waals surface area contributed by atoms with Crippen molar-refractivity contribution < 1.29 is 14.3 Å². The largest absolute Gasteiger partial charge is 0.496 e. The molecule has 0 saturated heterocycles. The predicted octanol–water partition coefficient (Wildman–Crippen LogP) is 4.56. The molecular formula is C19H23NO3. The molecule has 2 rings (SSSR count). The molecule has 0 radical (unpaired) electrons. The minimum atomic E-state index is -0.346. The van der Waals surface area contributed by atoms with Gasteiger partial charge in [0, 0.05) is 17.8 Å². The molecule has 2 aromatic carbocycles. The molecule has 0 aromatic heterocycles. The van der Waals surface area contributed by atoms with Crippen LogP contribution in [0.5, 0.6) is 5.75 Å². The molecule has 0 aliphatic rings. The zero-order valence-electron chi connectivity index (χ0n) is 13.9. The van der Waals surface area contributed by atoms with Crippen LogP contribution in [0.4, 0.5) is 10.5 Å². The Hall–Kier alpha value is -2.49. The molecule has 0 bridgehead atoms. The van der Waals surface area contributed by atoms with Crippen LogP contribution in [0.1, 0.15) is 24.5 Å². The summed E-state index contributed by atoms with van der Waals surface area (Å²) in [7, 11) is 1.63. The van der Waals surface area contributed by atoms with E-state index in [-0.39, 0.29) is 12.7 Å². The number of carbonyl (C=O) groups excluding carboxylic acids is 1. The third-order valence-corrected chi connectivity index (χ3v) is 3.58. The van der Waals surface area contributed by atoms with E-state index < -0.39 is 0 Å². The first-order valence-electron chi connectivity index (χ1n) is 7.79. The first-order valence-corrected chi connectivity index (χ1v) is 7.79. The van der Waals surface area contributed by atoms with Gasteiger partial charge in [0.25, 0.3) is 0 Å². The number of hydrogen-bond donors (Lipinski definition) is 0. The van der Waals surface area contributed by atoms with Gasteiger partial charge < -0.3 is 9.47 Å². The molecular weight excluding hydrogens is 290 g/mol. The van der Waals surface area contributed by atoms with E-state index >= 15 is 0 Å². The SMILES string of the molecule is CCCN(C(=O)OCc1cccc(C)c1OC)c1ccccc1. The third-order valence-electron chi connectivity index (χ3n) is 3.58. The number of nitrogens with zero attached hydrogens (tertiary/aromatic N) is 1. The van der Waals surface area contributed by atoms with E-state index in [1.54, 1.807) is 12.0 Å². The predicted molar refractivity (Wildman–Crippen MR) is 92.0 cm³/mol. The van der Waals surface area contributed by atoms with Crippen LogP contribution < -0.4 is 9.64 Å². The van der Waals surface area contributed by atoms with Crippen molar-refractivity contribution in [1.82, 2.24) is 0 Å². The molecule has 4 nitrogen and oxygen atoms in total. The van der Waals surface area contributed by atoms with E-state index in [2.05, 4.69) is 0 Å². The van der Waals surface area contributed by atoms with E-state index in [4.69, 9.17) is 9.47 Å². The highest BCUT2D eigenvalue weighted by Crippen LogP contribution is 2.24. The van der Waals surface area contributed by atoms with E-state index in [1.165, 1.54) is 0 Å². The van der Waals surface area contributed by atoms with E-state index in [9.17, 15) is 4.79 Å². The number of amides is 1. The third kappa shape index (κ3) is 4.25. The molecule has 2 aromatic rings. The lowest BCUT2D eigenvalue weighted by molar-refractivity contribution is 0.146. The molecule has 1 amide bonds. The maximum Gasteiger partial charge on any atom is 0.414 e. The molecule has 0 heterocycles. The quantitative estimate of drug-likeness (QED) is 0.785. The number of ether oxygens (including phenoxy) is 2. The van der Waals surface area contributed by atoms with Crippen LogP contribution in [0.25, 0.3) is 0 Å². The fourth-order valence-corrected chi connectivity index (χ4v) is 2.49. The standard InChI is InChI=1S/C19H23NO3/c1-4-13-20(17-11-6-5-7-12-17)19(21)23-14-16-10-8-9-15(2)18(16)22-3/h5-12H,4,13-14H2,1-3H3. The molecule has 0 saturated carbocycles. The second-order valence-corrected chi connectivity index (χ2v) is 5.31. The van der Waals surface area contributed by atoms with Crippen LogP contribution in [-0.2, 0) is 11.3 Å². The lowest BCUT2D eigenvalue weighted by Gasteiger charge is -2.22. The van der Waals surface area contributed by atoms with Gasteiger partial charge in [-0.05, 0) is 31.0 Å². The Morgan fingerprint density at radius 3 is 2.48 bits per heavy atom. The van der Waals surface area contributed by atoms with Gasteiger partial charge in [-0.1, -0.05) is 43.3 Å². The first kappa shape index (κ1) is 16.9. The molecule has 0 aliphatic heterocycles. The molecule has 122 valence electrons. The Labute approximate surface area is 137 Å². The summed E-state index contributed by atoms with van der Waals surface area (Å²) in [5.41, 5.74) is 2.73. The van der Waals surface area contributed by atoms with Crippen molar-refractivity contribution in [2.45, 2.75) is 26.9 Å². The number of carbonyl (C=O) groups is 1. The van der Waals surface area contributed by atoms with Crippen molar-refractivity contribution >= 4 is 11.8 Å². The van der Waals surface area contributed by atoms with Crippen LogP contribution >= 0.6 is 0 Å². The van der Waals surface area contributed by atoms with E-state index in [0.717, 1.165) is 29.0 Å². The van der Waals surface area contributed by atoms with Crippen molar-refractivity contribution in [3.8, 4) is 5.75 Å². The Balaban J connectivity index is 2.10. The topological polar surface area (TPSA) is 38.8 Å². The van der Waals surface area contributed by atoms with Crippen LogP contribution in [0.2, 0.25) is 0 Å². The molecule has 4 heteroatoms. The van der Waals surface area contributed by atoms with E-state index in [1.807, 2.05) is 62.4 Å². The highest BCUT2D eigenvalue weighted by molar-refractivity contribution is 5.87. The summed E-state index contributed by atoms with van der Waals surface area (Å²) < 4.78 is 10.9. The zero-order valence-corrected chi connectivity index (χ0v) is 13.9. The van der Waals surface area contributed by atoms with Crippen molar-refractivity contribution in [2.75, 3.05) is 18.6 Å². The maximum absolute atomic E-state index is 12.5. The summed E-state index contributed by atoms with van der Waals surface area (Å²) in [5.74, 6) is 0.766. The van der Waals surface area contributed by atoms with Crippen LogP contribution in [0.15, 0.2) is 48.5 Å². The molecule has 0 N–H and O–H groups in total. The monoisotopic (exact) mass is 313 g/mol. The number of benzene rings is 2. The van der Waals surface area contributed by atoms with Gasteiger partial charge in [-0.15, -0.1) is 0 Å². The second-order valence-electron chi connectivity index (χ2n) is 5.31. The van der Waals surface area contributed by atoms with Crippen molar-refractivity contribution in [3.63, 3.8) is 0 Å². The molecule has 0 unspecified atom stereocenters. The average Bonchev–Trinajstić information content (AvgIpc) is 2.58. The molecule has 0 atom stereocenters. The Kier molecular flexibility index (Phi) is 6.03. The number of methoxy groups -OCH3 is 1. The lowest BCUT2D eigenvalue weighted by Crippen LogP contribution is -2.32. The number of para-hydroxylation sites is 2. The van der Waals surface area contributed by atoms with Gasteiger partial charge in [0.1, 0.15) is 12.4 Å². The number of aryl methyl sites for hydroxylation is 1. The van der Waals surface area contributed by atoms with Gasteiger partial charge in [0.15, 0.2) is 0 Å². The molecule has 0 aliphatic carbocycles. The first-order chi connectivity index (χ1) is 11.2. The summed E-state index contributed by atoms with van der Waals surface area (Å²) in [6, 6.07) is 15.4. The van der Waals surface area contributed by atoms with Gasteiger partial charge in [-0.2, -0.15) is 0 Å². The summed E-state index contributed by atoms with van der Waals surface area (Å²) in [5, 5.41) is 0. The van der Waals surface area contributed by atoms with Gasteiger partial charge in [-0.25, -0.2) is 4.79 Å². The molecule has 0 fully saturated rings. The molecule has 0 spiro atoms. The molecule has 23 heavy (non-hydrogen) atoms. The normalized spacial score (nSPS) is 10.2. The lowest BCUT2D eigenvalue weighted by atomic mass is 10.1. The van der Waals surface area contributed by atoms with Crippen LogP contribution in [-0.4, -0.2) is 19.7 Å². The Morgan fingerprint density at radius 2 is 1.83 bits per heavy atom. The van der Waals surface area contributed by atoms with Crippen molar-refractivity contribution in [3.05, 3.63) is 59.7 Å². The van der Waals surface area contributed by atoms with E-state index in [0.29, 0.717) is 6.54 Å². The van der Waals surface area contributed by atoms with Gasteiger partial charge in [0.05, 0.1) is 7.11 Å². The number of hydrogen-bond acceptors (Lipinski definition) is 3. The summed E-state index contributed by atoms with van der Waals surface area (Å²) in [4.78, 5) is 14.1. The summed E-state index contributed by atoms with van der Waals surface area (Å²) in [6.07, 6.45) is 0.513. The van der Waals surface area contributed by atoms with Crippen LogP contribution in [0, 0.1) is 6.92 Å². The fraction of sp³-hybridized carbons (Fsp3) is 0.316. The number of anilines is 1. The Morgan fingerprint density at radius 1 is 1.09 bits per heavy atom. The van der Waals surface area contributed by atoms with Crippen molar-refractivity contribution in [1.29, 1.82) is 0 Å². The smallest absolute Gasteiger partial charge is 0.414 e. The number of rotatable bonds is 6. The highest BCUT2D eigenvalue weighted by atomic mass is 16.6. The maximum atomic E-state index is 12.5. The minimum Gasteiger partial charge on any atom is -0.496 e. The second kappa shape index (κ2) is 8.22. The minimum absolute atomic E-state index is 0.191. The highest BCUT2D eigenvalue weighted by Gasteiger charge is 2.17. The van der Waals surface area contributed by atoms with Gasteiger partial charge in [0.2, 0.25) is 0 Å². The van der Waals surface area contributed by atoms with Crippen LogP contribution in [0.3, 0.4) is 0 Å². The van der Waals surface area contributed by atoms with Gasteiger partial charge in [-0.3, -0.25) is 4.90 Å². The van der Waals surface area contributed by atoms with Crippen molar-refractivity contribution in [2.24, 2.45) is 0 Å².